The van der Waals surface area contributed by atoms with Crippen LogP contribution in [0, 0.1) is 0 Å². The molecule has 1 atom stereocenters. The third kappa shape index (κ3) is 2.91. The molecular formula is C19H16N6O3. The van der Waals surface area contributed by atoms with Gasteiger partial charge in [-0.1, -0.05) is 22.5 Å². The van der Waals surface area contributed by atoms with E-state index in [0.29, 0.717) is 30.6 Å². The van der Waals surface area contributed by atoms with E-state index in [1.165, 1.54) is 0 Å². The molecule has 5 rings (SSSR count). The third-order valence-corrected chi connectivity index (χ3v) is 4.63. The Balaban J connectivity index is 1.39. The van der Waals surface area contributed by atoms with Gasteiger partial charge < -0.3 is 14.0 Å². The molecule has 0 saturated carbocycles. The fraction of sp³-hybridized carbons (Fsp3) is 0.211. The first kappa shape index (κ1) is 16.6. The number of methoxy groups -OCH3 is 1. The molecular weight excluding hydrogens is 360 g/mol. The van der Waals surface area contributed by atoms with Gasteiger partial charge in [0.15, 0.2) is 5.69 Å². The van der Waals surface area contributed by atoms with E-state index < -0.39 is 0 Å². The second-order valence-corrected chi connectivity index (χ2v) is 6.30. The molecule has 140 valence electrons. The summed E-state index contributed by atoms with van der Waals surface area (Å²) < 4.78 is 18.4. The molecule has 9 heteroatoms. The summed E-state index contributed by atoms with van der Waals surface area (Å²) in [4.78, 5) is 8.49. The molecule has 3 aromatic heterocycles. The quantitative estimate of drug-likeness (QED) is 0.536. The largest absolute Gasteiger partial charge is 0.497 e. The van der Waals surface area contributed by atoms with Crippen LogP contribution in [0.1, 0.15) is 17.4 Å². The van der Waals surface area contributed by atoms with Crippen molar-refractivity contribution in [2.24, 2.45) is 0 Å². The monoisotopic (exact) mass is 376 g/mol. The van der Waals surface area contributed by atoms with Crippen LogP contribution in [0.5, 0.6) is 5.75 Å². The highest BCUT2D eigenvalue weighted by Gasteiger charge is 2.27. The Labute approximate surface area is 159 Å². The first-order valence-electron chi connectivity index (χ1n) is 8.74. The fourth-order valence-corrected chi connectivity index (χ4v) is 3.13. The van der Waals surface area contributed by atoms with E-state index in [0.717, 1.165) is 22.6 Å². The van der Waals surface area contributed by atoms with Gasteiger partial charge in [0.25, 0.3) is 5.89 Å². The summed E-state index contributed by atoms with van der Waals surface area (Å²) in [5.74, 6) is 1.58. The molecule has 28 heavy (non-hydrogen) atoms. The van der Waals surface area contributed by atoms with Gasteiger partial charge in [0.1, 0.15) is 11.9 Å². The van der Waals surface area contributed by atoms with Crippen LogP contribution in [0.4, 0.5) is 0 Å². The lowest BCUT2D eigenvalue weighted by atomic mass is 10.1. The molecule has 1 aliphatic heterocycles. The number of ether oxygens (including phenoxy) is 2. The number of hydrogen-bond acceptors (Lipinski definition) is 8. The first-order valence-corrected chi connectivity index (χ1v) is 8.74. The van der Waals surface area contributed by atoms with Gasteiger partial charge in [-0.3, -0.25) is 4.98 Å². The van der Waals surface area contributed by atoms with E-state index in [1.54, 1.807) is 19.5 Å². The van der Waals surface area contributed by atoms with Crippen molar-refractivity contribution in [3.05, 3.63) is 60.0 Å². The average molecular weight is 376 g/mol. The van der Waals surface area contributed by atoms with Crippen molar-refractivity contribution in [1.29, 1.82) is 0 Å². The van der Waals surface area contributed by atoms with Gasteiger partial charge >= 0.3 is 0 Å². The number of benzene rings is 1. The van der Waals surface area contributed by atoms with E-state index in [-0.39, 0.29) is 6.10 Å². The average Bonchev–Trinajstić information content (AvgIpc) is 3.41. The lowest BCUT2D eigenvalue weighted by Crippen LogP contribution is -2.22. The molecule has 9 nitrogen and oxygen atoms in total. The van der Waals surface area contributed by atoms with Gasteiger partial charge in [-0.25, -0.2) is 4.68 Å². The molecule has 0 N–H and O–H groups in total. The predicted octanol–water partition coefficient (Wildman–Crippen LogP) is 2.67. The van der Waals surface area contributed by atoms with Crippen molar-refractivity contribution in [3.63, 3.8) is 0 Å². The number of hydrogen-bond donors (Lipinski definition) is 0. The maximum absolute atomic E-state index is 6.04. The van der Waals surface area contributed by atoms with E-state index in [1.807, 2.05) is 41.1 Å². The van der Waals surface area contributed by atoms with Crippen LogP contribution in [0.15, 0.2) is 53.3 Å². The minimum absolute atomic E-state index is 0.107. The highest BCUT2D eigenvalue weighted by atomic mass is 16.5. The second-order valence-electron chi connectivity index (χ2n) is 6.30. The summed E-state index contributed by atoms with van der Waals surface area (Å²) in [5.41, 5.74) is 3.19. The van der Waals surface area contributed by atoms with Crippen LogP contribution in [0.3, 0.4) is 0 Å². The summed E-state index contributed by atoms with van der Waals surface area (Å²) in [6, 6.07) is 11.5. The zero-order chi connectivity index (χ0) is 18.9. The zero-order valence-electron chi connectivity index (χ0n) is 15.0. The van der Waals surface area contributed by atoms with Crippen LogP contribution >= 0.6 is 0 Å². The Hall–Kier alpha value is -3.59. The highest BCUT2D eigenvalue weighted by molar-refractivity contribution is 5.57. The summed E-state index contributed by atoms with van der Waals surface area (Å²) >= 11 is 0. The number of rotatable bonds is 4. The van der Waals surface area contributed by atoms with Crippen molar-refractivity contribution in [2.45, 2.75) is 19.3 Å². The molecule has 0 radical (unpaired) electrons. The molecule has 1 aliphatic rings. The minimum atomic E-state index is -0.107. The molecule has 0 spiro atoms. The maximum atomic E-state index is 6.04. The van der Waals surface area contributed by atoms with Crippen molar-refractivity contribution in [1.82, 2.24) is 30.1 Å². The molecule has 0 fully saturated rings. The van der Waals surface area contributed by atoms with Crippen LogP contribution in [-0.2, 0) is 17.9 Å². The molecule has 0 unspecified atom stereocenters. The van der Waals surface area contributed by atoms with E-state index in [4.69, 9.17) is 14.0 Å². The lowest BCUT2D eigenvalue weighted by Gasteiger charge is -2.24. The van der Waals surface area contributed by atoms with Gasteiger partial charge in [-0.05, 0) is 29.8 Å². The van der Waals surface area contributed by atoms with Gasteiger partial charge in [0.05, 0.1) is 31.5 Å². The Morgan fingerprint density at radius 1 is 1.18 bits per heavy atom. The Morgan fingerprint density at radius 3 is 2.86 bits per heavy atom. The minimum Gasteiger partial charge on any atom is -0.497 e. The molecule has 0 amide bonds. The number of nitrogens with zero attached hydrogens (tertiary/aromatic N) is 6. The summed E-state index contributed by atoms with van der Waals surface area (Å²) in [6.07, 6.45) is 3.25. The van der Waals surface area contributed by atoms with E-state index >= 15 is 0 Å². The van der Waals surface area contributed by atoms with Crippen molar-refractivity contribution < 1.29 is 14.0 Å². The smallest absolute Gasteiger partial charge is 0.259 e. The Bertz CT molecular complexity index is 1090. The lowest BCUT2D eigenvalue weighted by molar-refractivity contribution is -0.00114. The van der Waals surface area contributed by atoms with E-state index in [9.17, 15) is 0 Å². The van der Waals surface area contributed by atoms with Crippen LogP contribution in [0.2, 0.25) is 0 Å². The fourth-order valence-electron chi connectivity index (χ4n) is 3.13. The van der Waals surface area contributed by atoms with E-state index in [2.05, 4.69) is 25.4 Å². The van der Waals surface area contributed by atoms with Crippen LogP contribution < -0.4 is 4.74 Å². The molecule has 0 saturated heterocycles. The summed E-state index contributed by atoms with van der Waals surface area (Å²) in [6.45, 7) is 0.914. The first-order chi connectivity index (χ1) is 13.8. The van der Waals surface area contributed by atoms with Crippen molar-refractivity contribution in [2.75, 3.05) is 7.11 Å². The normalized spacial score (nSPS) is 16.0. The molecule has 0 bridgehead atoms. The Kier molecular flexibility index (Phi) is 4.06. The van der Waals surface area contributed by atoms with Crippen molar-refractivity contribution in [3.8, 4) is 28.7 Å². The highest BCUT2D eigenvalue weighted by Crippen LogP contribution is 2.31. The molecule has 4 heterocycles. The van der Waals surface area contributed by atoms with Gasteiger partial charge in [0.2, 0.25) is 5.82 Å². The summed E-state index contributed by atoms with van der Waals surface area (Å²) in [7, 11) is 1.65. The molecule has 0 aliphatic carbocycles. The van der Waals surface area contributed by atoms with Crippen LogP contribution in [0.25, 0.3) is 23.0 Å². The van der Waals surface area contributed by atoms with Crippen molar-refractivity contribution >= 4 is 0 Å². The van der Waals surface area contributed by atoms with Crippen LogP contribution in [-0.4, -0.2) is 37.2 Å². The second kappa shape index (κ2) is 6.86. The van der Waals surface area contributed by atoms with Gasteiger partial charge in [-0.2, -0.15) is 4.98 Å². The third-order valence-electron chi connectivity index (χ3n) is 4.63. The maximum Gasteiger partial charge on any atom is 0.259 e. The summed E-state index contributed by atoms with van der Waals surface area (Å²) in [5, 5.41) is 12.5. The Morgan fingerprint density at radius 2 is 2.07 bits per heavy atom. The van der Waals surface area contributed by atoms with Gasteiger partial charge in [0, 0.05) is 12.4 Å². The SMILES string of the molecule is COc1ccc([C@H]2Cn3nnc(-c4noc(-c5cccnc5)n4)c3CO2)cc1. The number of aromatic nitrogens is 6. The molecule has 1 aromatic carbocycles. The van der Waals surface area contributed by atoms with Gasteiger partial charge in [-0.15, -0.1) is 5.10 Å². The number of fused-ring (bicyclic) bond motifs is 1. The number of pyridine rings is 1. The molecule has 4 aromatic rings. The topological polar surface area (TPSA) is 101 Å². The standard InChI is InChI=1S/C19H16N6O3/c1-26-14-6-4-12(5-7-14)16-10-25-15(11-27-16)17(22-24-25)18-21-19(28-23-18)13-3-2-8-20-9-13/h2-9,16H,10-11H2,1H3/t16-/m1/s1. The predicted molar refractivity (Wildman–Crippen MR) is 97.1 cm³/mol. The zero-order valence-corrected chi connectivity index (χ0v) is 15.0.